The predicted octanol–water partition coefficient (Wildman–Crippen LogP) is 2.66. The van der Waals surface area contributed by atoms with Crippen LogP contribution in [0.3, 0.4) is 0 Å². The first-order valence-electron chi connectivity index (χ1n) is 8.87. The molecule has 0 aliphatic heterocycles. The van der Waals surface area contributed by atoms with E-state index in [0.717, 1.165) is 12.8 Å². The maximum absolute atomic E-state index is 13.1. The zero-order chi connectivity index (χ0) is 18.3. The molecule has 26 heavy (non-hydrogen) atoms. The van der Waals surface area contributed by atoms with Gasteiger partial charge in [0.25, 0.3) is 5.56 Å². The van der Waals surface area contributed by atoms with Gasteiger partial charge in [-0.2, -0.15) is 5.10 Å². The highest BCUT2D eigenvalue weighted by Gasteiger charge is 2.32. The number of hydrogen-bond donors (Lipinski definition) is 1. The number of benzene rings is 1. The van der Waals surface area contributed by atoms with Crippen LogP contribution in [0.15, 0.2) is 41.6 Å². The third-order valence-electron chi connectivity index (χ3n) is 5.30. The fourth-order valence-corrected chi connectivity index (χ4v) is 3.61. The molecule has 1 N–H and O–H groups in total. The van der Waals surface area contributed by atoms with Crippen LogP contribution in [0, 0.1) is 11.7 Å². The number of halogens is 1. The van der Waals surface area contributed by atoms with Gasteiger partial charge in [0.2, 0.25) is 0 Å². The molecule has 0 amide bonds. The van der Waals surface area contributed by atoms with Crippen molar-refractivity contribution in [1.29, 1.82) is 0 Å². The summed E-state index contributed by atoms with van der Waals surface area (Å²) < 4.78 is 16.1. The molecule has 4 rings (SSSR count). The predicted molar refractivity (Wildman–Crippen MR) is 95.7 cm³/mol. The molecular formula is C19H21FN4O2. The monoisotopic (exact) mass is 356 g/mol. The van der Waals surface area contributed by atoms with Crippen molar-refractivity contribution in [3.63, 3.8) is 0 Å². The molecule has 1 fully saturated rings. The third-order valence-corrected chi connectivity index (χ3v) is 5.30. The maximum atomic E-state index is 13.1. The standard InChI is InChI=1S/C19H21FN4O2/c1-13-6-8-19(26,9-7-13)11-23-12-21-17-16(18(23)25)10-22-24(17)15-4-2-14(20)3-5-15/h2-5,10,12-13,26H,6-9,11H2,1H3. The van der Waals surface area contributed by atoms with Crippen LogP contribution in [0.25, 0.3) is 16.7 Å². The number of fused-ring (bicyclic) bond motifs is 1. The third kappa shape index (κ3) is 3.03. The van der Waals surface area contributed by atoms with Gasteiger partial charge in [0.1, 0.15) is 17.5 Å². The van der Waals surface area contributed by atoms with E-state index in [1.54, 1.807) is 12.1 Å². The van der Waals surface area contributed by atoms with Gasteiger partial charge in [-0.05, 0) is 55.9 Å². The van der Waals surface area contributed by atoms with E-state index in [4.69, 9.17) is 0 Å². The second-order valence-corrected chi connectivity index (χ2v) is 7.35. The molecule has 1 aliphatic rings. The van der Waals surface area contributed by atoms with E-state index in [1.165, 1.54) is 33.9 Å². The first-order chi connectivity index (χ1) is 12.5. The van der Waals surface area contributed by atoms with Crippen molar-refractivity contribution < 1.29 is 9.50 Å². The minimum Gasteiger partial charge on any atom is -0.388 e. The molecule has 6 nitrogen and oxygen atoms in total. The number of nitrogens with zero attached hydrogens (tertiary/aromatic N) is 4. The van der Waals surface area contributed by atoms with Crippen molar-refractivity contribution in [3.8, 4) is 5.69 Å². The Kier molecular flexibility index (Phi) is 4.11. The Bertz CT molecular complexity index is 985. The van der Waals surface area contributed by atoms with Crippen molar-refractivity contribution in [2.24, 2.45) is 5.92 Å². The van der Waals surface area contributed by atoms with Gasteiger partial charge in [0.05, 0.1) is 24.0 Å². The van der Waals surface area contributed by atoms with Crippen LogP contribution in [0.2, 0.25) is 0 Å². The van der Waals surface area contributed by atoms with Crippen LogP contribution < -0.4 is 5.56 Å². The Morgan fingerprint density at radius 3 is 2.65 bits per heavy atom. The number of hydrogen-bond acceptors (Lipinski definition) is 4. The molecule has 0 bridgehead atoms. The fraction of sp³-hybridized carbons (Fsp3) is 0.421. The summed E-state index contributed by atoms with van der Waals surface area (Å²) in [5, 5.41) is 15.4. The zero-order valence-electron chi connectivity index (χ0n) is 14.6. The molecule has 2 heterocycles. The Hall–Kier alpha value is -2.54. The van der Waals surface area contributed by atoms with E-state index in [-0.39, 0.29) is 17.9 Å². The van der Waals surface area contributed by atoms with Crippen molar-refractivity contribution in [1.82, 2.24) is 19.3 Å². The fourth-order valence-electron chi connectivity index (χ4n) is 3.61. The summed E-state index contributed by atoms with van der Waals surface area (Å²) in [4.78, 5) is 17.2. The second-order valence-electron chi connectivity index (χ2n) is 7.35. The van der Waals surface area contributed by atoms with Crippen LogP contribution in [0.5, 0.6) is 0 Å². The van der Waals surface area contributed by atoms with Crippen LogP contribution in [0.1, 0.15) is 32.6 Å². The van der Waals surface area contributed by atoms with E-state index in [0.29, 0.717) is 35.5 Å². The summed E-state index contributed by atoms with van der Waals surface area (Å²) in [6.07, 6.45) is 6.23. The van der Waals surface area contributed by atoms with Gasteiger partial charge in [-0.1, -0.05) is 6.92 Å². The molecule has 136 valence electrons. The van der Waals surface area contributed by atoms with Crippen molar-refractivity contribution in [2.45, 2.75) is 44.8 Å². The quantitative estimate of drug-likeness (QED) is 0.783. The topological polar surface area (TPSA) is 72.9 Å². The summed E-state index contributed by atoms with van der Waals surface area (Å²) in [6, 6.07) is 5.84. The summed E-state index contributed by atoms with van der Waals surface area (Å²) in [6.45, 7) is 2.42. The van der Waals surface area contributed by atoms with Crippen molar-refractivity contribution in [3.05, 3.63) is 53.0 Å². The average Bonchev–Trinajstić information content (AvgIpc) is 3.06. The summed E-state index contributed by atoms with van der Waals surface area (Å²) in [5.74, 6) is 0.275. The molecule has 1 aromatic carbocycles. The van der Waals surface area contributed by atoms with Crippen LogP contribution in [-0.4, -0.2) is 30.0 Å². The molecule has 0 unspecified atom stereocenters. The van der Waals surface area contributed by atoms with Gasteiger partial charge in [-0.25, -0.2) is 14.1 Å². The second kappa shape index (κ2) is 6.32. The van der Waals surface area contributed by atoms with Gasteiger partial charge in [0.15, 0.2) is 5.65 Å². The van der Waals surface area contributed by atoms with E-state index < -0.39 is 5.60 Å². The van der Waals surface area contributed by atoms with Crippen molar-refractivity contribution in [2.75, 3.05) is 0 Å². The molecule has 1 aliphatic carbocycles. The Labute approximate surface area is 149 Å². The lowest BCUT2D eigenvalue weighted by Gasteiger charge is -2.35. The van der Waals surface area contributed by atoms with E-state index in [2.05, 4.69) is 17.0 Å². The lowest BCUT2D eigenvalue weighted by atomic mass is 9.79. The highest BCUT2D eigenvalue weighted by atomic mass is 19.1. The van der Waals surface area contributed by atoms with E-state index in [9.17, 15) is 14.3 Å². The Balaban J connectivity index is 1.68. The summed E-state index contributed by atoms with van der Waals surface area (Å²) in [5.41, 5.74) is -0.0398. The minimum absolute atomic E-state index is 0.226. The largest absolute Gasteiger partial charge is 0.388 e. The number of aromatic nitrogens is 4. The molecule has 2 aromatic heterocycles. The Morgan fingerprint density at radius 1 is 1.27 bits per heavy atom. The normalized spacial score (nSPS) is 23.4. The maximum Gasteiger partial charge on any atom is 0.264 e. The van der Waals surface area contributed by atoms with Crippen LogP contribution >= 0.6 is 0 Å². The molecule has 1 saturated carbocycles. The lowest BCUT2D eigenvalue weighted by molar-refractivity contribution is -0.0226. The number of aliphatic hydroxyl groups is 1. The smallest absolute Gasteiger partial charge is 0.264 e. The highest BCUT2D eigenvalue weighted by molar-refractivity contribution is 5.74. The van der Waals surface area contributed by atoms with Gasteiger partial charge in [-0.3, -0.25) is 9.36 Å². The number of rotatable bonds is 3. The molecule has 0 spiro atoms. The SMILES string of the molecule is CC1CCC(O)(Cn2cnc3c(cnn3-c3ccc(F)cc3)c2=O)CC1. The van der Waals surface area contributed by atoms with Gasteiger partial charge in [-0.15, -0.1) is 0 Å². The van der Waals surface area contributed by atoms with E-state index >= 15 is 0 Å². The first-order valence-corrected chi connectivity index (χ1v) is 8.87. The molecule has 7 heteroatoms. The summed E-state index contributed by atoms with van der Waals surface area (Å²) in [7, 11) is 0. The molecule has 0 atom stereocenters. The Morgan fingerprint density at radius 2 is 1.96 bits per heavy atom. The van der Waals surface area contributed by atoms with Gasteiger partial charge in [0, 0.05) is 0 Å². The van der Waals surface area contributed by atoms with Gasteiger partial charge >= 0.3 is 0 Å². The molecule has 3 aromatic rings. The van der Waals surface area contributed by atoms with Crippen LogP contribution in [0.4, 0.5) is 4.39 Å². The van der Waals surface area contributed by atoms with Gasteiger partial charge < -0.3 is 5.11 Å². The highest BCUT2D eigenvalue weighted by Crippen LogP contribution is 2.32. The molecule has 0 saturated heterocycles. The zero-order valence-corrected chi connectivity index (χ0v) is 14.6. The van der Waals surface area contributed by atoms with E-state index in [1.807, 2.05) is 0 Å². The summed E-state index contributed by atoms with van der Waals surface area (Å²) >= 11 is 0. The first kappa shape index (κ1) is 16.9. The van der Waals surface area contributed by atoms with Crippen LogP contribution in [-0.2, 0) is 6.54 Å². The van der Waals surface area contributed by atoms with Crippen molar-refractivity contribution >= 4 is 11.0 Å². The lowest BCUT2D eigenvalue weighted by Crippen LogP contribution is -2.40. The molecule has 0 radical (unpaired) electrons. The molecular weight excluding hydrogens is 335 g/mol. The average molecular weight is 356 g/mol. The minimum atomic E-state index is -0.862.